The summed E-state index contributed by atoms with van der Waals surface area (Å²) in [4.78, 5) is 25.2. The topological polar surface area (TPSA) is 123 Å². The third-order valence-electron chi connectivity index (χ3n) is 2.76. The Labute approximate surface area is 119 Å². The van der Waals surface area contributed by atoms with Crippen LogP contribution in [0.25, 0.3) is 0 Å². The summed E-state index contributed by atoms with van der Waals surface area (Å²) in [6.07, 6.45) is 2.08. The number of benzene rings is 1. The predicted molar refractivity (Wildman–Crippen MR) is 73.3 cm³/mol. The molecule has 1 aromatic heterocycles. The average molecular weight is 291 g/mol. The Balaban J connectivity index is 2.08. The van der Waals surface area contributed by atoms with Crippen LogP contribution in [-0.2, 0) is 13.5 Å². The van der Waals surface area contributed by atoms with Crippen LogP contribution in [0.3, 0.4) is 0 Å². The van der Waals surface area contributed by atoms with Gasteiger partial charge in [-0.05, 0) is 6.07 Å². The van der Waals surface area contributed by atoms with Gasteiger partial charge < -0.3 is 10.4 Å². The molecule has 0 fully saturated rings. The molecule has 1 heterocycles. The number of carboxylic acids is 1. The van der Waals surface area contributed by atoms with Crippen molar-refractivity contribution in [3.8, 4) is 0 Å². The number of non-ortho nitro benzene ring substituents is 1. The van der Waals surface area contributed by atoms with E-state index in [9.17, 15) is 14.9 Å². The minimum absolute atomic E-state index is 0.141. The van der Waals surface area contributed by atoms with Crippen LogP contribution in [0.4, 0.5) is 11.4 Å². The van der Waals surface area contributed by atoms with Crippen molar-refractivity contribution >= 4 is 17.3 Å². The van der Waals surface area contributed by atoms with Crippen LogP contribution in [0.5, 0.6) is 0 Å². The van der Waals surface area contributed by atoms with Gasteiger partial charge in [-0.25, -0.2) is 9.78 Å². The van der Waals surface area contributed by atoms with Gasteiger partial charge in [-0.2, -0.15) is 5.10 Å². The molecule has 0 saturated heterocycles. The molecule has 9 heteroatoms. The van der Waals surface area contributed by atoms with Gasteiger partial charge in [0.05, 0.1) is 10.5 Å². The highest BCUT2D eigenvalue weighted by Crippen LogP contribution is 2.22. The van der Waals surface area contributed by atoms with Gasteiger partial charge in [0.15, 0.2) is 5.82 Å². The molecule has 21 heavy (non-hydrogen) atoms. The highest BCUT2D eigenvalue weighted by atomic mass is 16.6. The van der Waals surface area contributed by atoms with Crippen LogP contribution < -0.4 is 5.32 Å². The first-order chi connectivity index (χ1) is 9.97. The van der Waals surface area contributed by atoms with Gasteiger partial charge in [0.1, 0.15) is 6.33 Å². The van der Waals surface area contributed by atoms with Crippen molar-refractivity contribution in [2.24, 2.45) is 7.05 Å². The third-order valence-corrected chi connectivity index (χ3v) is 2.76. The quantitative estimate of drug-likeness (QED) is 0.602. The number of aromatic carboxylic acids is 1. The van der Waals surface area contributed by atoms with Crippen molar-refractivity contribution in [1.82, 2.24) is 14.8 Å². The van der Waals surface area contributed by atoms with Gasteiger partial charge in [-0.1, -0.05) is 0 Å². The fraction of sp³-hybridized carbons (Fsp3) is 0.250. The molecule has 2 aromatic rings. The number of nitro benzene ring substituents is 1. The molecule has 1 aromatic carbocycles. The number of hydrogen-bond acceptors (Lipinski definition) is 6. The number of carboxylic acid groups (broad SMARTS) is 1. The molecule has 0 bridgehead atoms. The Bertz CT molecular complexity index is 682. The fourth-order valence-corrected chi connectivity index (χ4v) is 1.78. The van der Waals surface area contributed by atoms with Crippen LogP contribution in [0.1, 0.15) is 16.2 Å². The Kier molecular flexibility index (Phi) is 4.12. The highest BCUT2D eigenvalue weighted by Gasteiger charge is 2.15. The lowest BCUT2D eigenvalue weighted by Crippen LogP contribution is -2.10. The van der Waals surface area contributed by atoms with Gasteiger partial charge in [0.25, 0.3) is 5.69 Å². The zero-order chi connectivity index (χ0) is 15.4. The van der Waals surface area contributed by atoms with Crippen LogP contribution >= 0.6 is 0 Å². The van der Waals surface area contributed by atoms with Gasteiger partial charge in [-0.15, -0.1) is 0 Å². The van der Waals surface area contributed by atoms with E-state index in [-0.39, 0.29) is 11.3 Å². The Morgan fingerprint density at radius 3 is 2.86 bits per heavy atom. The predicted octanol–water partition coefficient (Wildman–Crippen LogP) is 1.08. The van der Waals surface area contributed by atoms with Gasteiger partial charge in [-0.3, -0.25) is 14.8 Å². The number of nitrogens with zero attached hydrogens (tertiary/aromatic N) is 4. The zero-order valence-electron chi connectivity index (χ0n) is 11.2. The number of aromatic nitrogens is 3. The van der Waals surface area contributed by atoms with E-state index in [0.717, 1.165) is 6.07 Å². The summed E-state index contributed by atoms with van der Waals surface area (Å²) in [6, 6.07) is 3.67. The monoisotopic (exact) mass is 291 g/mol. The molecule has 110 valence electrons. The number of aryl methyl sites for hydroxylation is 1. The molecule has 0 aliphatic rings. The molecule has 0 aliphatic carbocycles. The number of rotatable bonds is 6. The number of hydrogen-bond donors (Lipinski definition) is 2. The second kappa shape index (κ2) is 5.99. The standard InChI is InChI=1S/C12H13N5O4/c1-16-7-14-11(15-16)4-5-13-10-3-2-8(17(20)21)6-9(10)12(18)19/h2-3,6-7,13H,4-5H2,1H3,(H,18,19). The van der Waals surface area contributed by atoms with Crippen molar-refractivity contribution in [2.75, 3.05) is 11.9 Å². The number of carbonyl (C=O) groups is 1. The second-order valence-corrected chi connectivity index (χ2v) is 4.30. The summed E-state index contributed by atoms with van der Waals surface area (Å²) >= 11 is 0. The second-order valence-electron chi connectivity index (χ2n) is 4.30. The van der Waals surface area contributed by atoms with E-state index < -0.39 is 10.9 Å². The molecule has 9 nitrogen and oxygen atoms in total. The maximum absolute atomic E-state index is 11.1. The van der Waals surface area contributed by atoms with Gasteiger partial charge in [0, 0.05) is 37.8 Å². The Morgan fingerprint density at radius 1 is 1.52 bits per heavy atom. The minimum Gasteiger partial charge on any atom is -0.478 e. The molecule has 0 atom stereocenters. The first-order valence-electron chi connectivity index (χ1n) is 6.07. The normalized spacial score (nSPS) is 10.3. The first-order valence-corrected chi connectivity index (χ1v) is 6.07. The highest BCUT2D eigenvalue weighted by molar-refractivity contribution is 5.95. The molecule has 0 spiro atoms. The summed E-state index contributed by atoms with van der Waals surface area (Å²) in [5.41, 5.74) is -0.0773. The molecular formula is C12H13N5O4. The molecule has 2 N–H and O–H groups in total. The van der Waals surface area contributed by atoms with E-state index in [2.05, 4.69) is 15.4 Å². The lowest BCUT2D eigenvalue weighted by Gasteiger charge is -2.08. The Hall–Kier alpha value is -2.97. The summed E-state index contributed by atoms with van der Waals surface area (Å²) in [6.45, 7) is 0.419. The largest absolute Gasteiger partial charge is 0.478 e. The van der Waals surface area contributed by atoms with Crippen molar-refractivity contribution in [3.05, 3.63) is 46.0 Å². The van der Waals surface area contributed by atoms with E-state index in [0.29, 0.717) is 24.5 Å². The van der Waals surface area contributed by atoms with Gasteiger partial charge >= 0.3 is 5.97 Å². The smallest absolute Gasteiger partial charge is 0.338 e. The molecule has 0 radical (unpaired) electrons. The summed E-state index contributed by atoms with van der Waals surface area (Å²) in [7, 11) is 1.75. The number of anilines is 1. The van der Waals surface area contributed by atoms with Gasteiger partial charge in [0.2, 0.25) is 0 Å². The van der Waals surface area contributed by atoms with Crippen LogP contribution in [0.2, 0.25) is 0 Å². The van der Waals surface area contributed by atoms with E-state index in [1.165, 1.54) is 12.1 Å². The van der Waals surface area contributed by atoms with E-state index in [1.54, 1.807) is 18.1 Å². The summed E-state index contributed by atoms with van der Waals surface area (Å²) < 4.78 is 1.57. The van der Waals surface area contributed by atoms with Crippen LogP contribution in [0.15, 0.2) is 24.5 Å². The SMILES string of the molecule is Cn1cnc(CCNc2ccc([N+](=O)[O-])cc2C(=O)O)n1. The average Bonchev–Trinajstić information content (AvgIpc) is 2.84. The lowest BCUT2D eigenvalue weighted by molar-refractivity contribution is -0.384. The van der Waals surface area contributed by atoms with E-state index >= 15 is 0 Å². The molecule has 0 unspecified atom stereocenters. The molecule has 2 rings (SSSR count). The summed E-state index contributed by atoms with van der Waals surface area (Å²) in [5, 5.41) is 26.8. The maximum atomic E-state index is 11.1. The zero-order valence-corrected chi connectivity index (χ0v) is 11.2. The van der Waals surface area contributed by atoms with Crippen molar-refractivity contribution in [2.45, 2.75) is 6.42 Å². The summed E-state index contributed by atoms with van der Waals surface area (Å²) in [5.74, 6) is -0.596. The van der Waals surface area contributed by atoms with Crippen LogP contribution in [0, 0.1) is 10.1 Å². The number of nitro groups is 1. The first kappa shape index (κ1) is 14.4. The molecule has 0 saturated carbocycles. The lowest BCUT2D eigenvalue weighted by atomic mass is 10.1. The van der Waals surface area contributed by atoms with E-state index in [1.807, 2.05) is 0 Å². The van der Waals surface area contributed by atoms with Crippen molar-refractivity contribution in [3.63, 3.8) is 0 Å². The van der Waals surface area contributed by atoms with Crippen molar-refractivity contribution < 1.29 is 14.8 Å². The molecule has 0 aliphatic heterocycles. The maximum Gasteiger partial charge on any atom is 0.338 e. The number of nitrogens with one attached hydrogen (secondary N) is 1. The Morgan fingerprint density at radius 2 is 2.29 bits per heavy atom. The fourth-order valence-electron chi connectivity index (χ4n) is 1.78. The third kappa shape index (κ3) is 3.53. The van der Waals surface area contributed by atoms with E-state index in [4.69, 9.17) is 5.11 Å². The molecular weight excluding hydrogens is 278 g/mol. The van der Waals surface area contributed by atoms with Crippen LogP contribution in [-0.4, -0.2) is 37.3 Å². The minimum atomic E-state index is -1.22. The van der Waals surface area contributed by atoms with Crippen molar-refractivity contribution in [1.29, 1.82) is 0 Å². The molecule has 0 amide bonds.